The highest BCUT2D eigenvalue weighted by atomic mass is 79.9. The molecule has 0 spiro atoms. The topological polar surface area (TPSA) is 64.0 Å². The van der Waals surface area contributed by atoms with Crippen LogP contribution in [0.5, 0.6) is 0 Å². The molecule has 1 N–H and O–H groups in total. The summed E-state index contributed by atoms with van der Waals surface area (Å²) in [6, 6.07) is 10.6. The van der Waals surface area contributed by atoms with Crippen LogP contribution in [0, 0.1) is 0 Å². The number of ketones is 1. The van der Waals surface area contributed by atoms with Crippen LogP contribution >= 0.6 is 27.3 Å². The number of anilines is 1. The number of benzene rings is 1. The SMILES string of the molecule is Cn1ccnc1C(=O)c1ccc(NC(=O)/C=C\c2ccc(Br)s2)cc1. The molecule has 1 amide bonds. The quantitative estimate of drug-likeness (QED) is 0.503. The van der Waals surface area contributed by atoms with Crippen molar-refractivity contribution in [2.24, 2.45) is 7.05 Å². The molecule has 0 aliphatic heterocycles. The Morgan fingerprint density at radius 2 is 1.96 bits per heavy atom. The first-order valence-corrected chi connectivity index (χ1v) is 9.00. The highest BCUT2D eigenvalue weighted by molar-refractivity contribution is 9.11. The molecule has 0 aliphatic rings. The Labute approximate surface area is 157 Å². The summed E-state index contributed by atoms with van der Waals surface area (Å²) in [4.78, 5) is 29.3. The molecule has 1 aromatic carbocycles. The molecule has 0 aliphatic carbocycles. The van der Waals surface area contributed by atoms with E-state index in [4.69, 9.17) is 0 Å². The monoisotopic (exact) mass is 415 g/mol. The number of nitrogens with zero attached hydrogens (tertiary/aromatic N) is 2. The summed E-state index contributed by atoms with van der Waals surface area (Å²) in [6.45, 7) is 0. The zero-order chi connectivity index (χ0) is 17.8. The molecule has 5 nitrogen and oxygen atoms in total. The second-order valence-corrected chi connectivity index (χ2v) is 7.73. The third-order valence-electron chi connectivity index (χ3n) is 3.43. The first-order valence-electron chi connectivity index (χ1n) is 7.39. The number of aromatic nitrogens is 2. The van der Waals surface area contributed by atoms with Crippen LogP contribution < -0.4 is 5.32 Å². The minimum atomic E-state index is -0.229. The average Bonchev–Trinajstić information content (AvgIpc) is 3.21. The van der Waals surface area contributed by atoms with Gasteiger partial charge in [-0.2, -0.15) is 0 Å². The van der Waals surface area contributed by atoms with E-state index < -0.39 is 0 Å². The second-order valence-electron chi connectivity index (χ2n) is 5.23. The third-order valence-corrected chi connectivity index (χ3v) is 5.02. The van der Waals surface area contributed by atoms with E-state index in [1.165, 1.54) is 6.08 Å². The van der Waals surface area contributed by atoms with E-state index in [1.54, 1.807) is 65.7 Å². The lowest BCUT2D eigenvalue weighted by atomic mass is 10.1. The largest absolute Gasteiger partial charge is 0.331 e. The average molecular weight is 416 g/mol. The van der Waals surface area contributed by atoms with Gasteiger partial charge in [-0.05, 0) is 58.4 Å². The van der Waals surface area contributed by atoms with Gasteiger partial charge in [-0.15, -0.1) is 11.3 Å². The molecule has 3 rings (SSSR count). The molecule has 2 heterocycles. The van der Waals surface area contributed by atoms with Gasteiger partial charge in [-0.1, -0.05) is 0 Å². The first-order chi connectivity index (χ1) is 12.0. The highest BCUT2D eigenvalue weighted by Gasteiger charge is 2.13. The fraction of sp³-hybridized carbons (Fsp3) is 0.0556. The Morgan fingerprint density at radius 3 is 2.56 bits per heavy atom. The summed E-state index contributed by atoms with van der Waals surface area (Å²) in [5, 5.41) is 2.77. The van der Waals surface area contributed by atoms with Crippen LogP contribution in [0.25, 0.3) is 6.08 Å². The molecule has 0 bridgehead atoms. The number of imidazole rings is 1. The molecule has 0 radical (unpaired) electrons. The predicted octanol–water partition coefficient (Wildman–Crippen LogP) is 4.13. The van der Waals surface area contributed by atoms with Crippen molar-refractivity contribution in [1.29, 1.82) is 0 Å². The molecule has 0 fully saturated rings. The van der Waals surface area contributed by atoms with Gasteiger partial charge in [0.15, 0.2) is 5.82 Å². The Bertz CT molecular complexity index is 941. The van der Waals surface area contributed by atoms with E-state index >= 15 is 0 Å². The van der Waals surface area contributed by atoms with Gasteiger partial charge in [0.25, 0.3) is 0 Å². The van der Waals surface area contributed by atoms with Gasteiger partial charge in [0.1, 0.15) is 0 Å². The Morgan fingerprint density at radius 1 is 1.20 bits per heavy atom. The Balaban J connectivity index is 1.64. The van der Waals surface area contributed by atoms with Crippen molar-refractivity contribution in [3.05, 3.63) is 74.9 Å². The second kappa shape index (κ2) is 7.58. The lowest BCUT2D eigenvalue weighted by molar-refractivity contribution is -0.111. The standard InChI is InChI=1S/C18H14BrN3O2S/c1-22-11-10-20-18(22)17(24)12-2-4-13(5-3-12)21-16(23)9-7-14-6-8-15(19)25-14/h2-11H,1H3,(H,21,23)/b9-7-. The molecule has 126 valence electrons. The van der Waals surface area contributed by atoms with E-state index in [0.717, 1.165) is 8.66 Å². The summed E-state index contributed by atoms with van der Waals surface area (Å²) in [5.74, 6) is -0.0110. The molecule has 25 heavy (non-hydrogen) atoms. The number of nitrogens with one attached hydrogen (secondary N) is 1. The summed E-state index contributed by atoms with van der Waals surface area (Å²) >= 11 is 4.93. The van der Waals surface area contributed by atoms with Crippen molar-refractivity contribution >= 4 is 50.7 Å². The zero-order valence-corrected chi connectivity index (χ0v) is 15.7. The van der Waals surface area contributed by atoms with Gasteiger partial charge in [0.05, 0.1) is 3.79 Å². The maximum Gasteiger partial charge on any atom is 0.248 e. The van der Waals surface area contributed by atoms with Crippen LogP contribution in [0.15, 0.2) is 58.7 Å². The molecular weight excluding hydrogens is 402 g/mol. The normalized spacial score (nSPS) is 11.0. The van der Waals surface area contributed by atoms with Gasteiger partial charge >= 0.3 is 0 Å². The first kappa shape index (κ1) is 17.3. The maximum atomic E-state index is 12.3. The summed E-state index contributed by atoms with van der Waals surface area (Å²) < 4.78 is 2.69. The van der Waals surface area contributed by atoms with Gasteiger partial charge < -0.3 is 9.88 Å². The summed E-state index contributed by atoms with van der Waals surface area (Å²) in [7, 11) is 1.77. The number of halogens is 1. The number of aryl methyl sites for hydroxylation is 1. The van der Waals surface area contributed by atoms with Gasteiger partial charge in [0, 0.05) is 41.6 Å². The molecule has 3 aromatic rings. The molecule has 0 saturated heterocycles. The number of amides is 1. The fourth-order valence-corrected chi connectivity index (χ4v) is 3.50. The van der Waals surface area contributed by atoms with E-state index in [9.17, 15) is 9.59 Å². The number of rotatable bonds is 5. The van der Waals surface area contributed by atoms with Gasteiger partial charge in [0.2, 0.25) is 11.7 Å². The van der Waals surface area contributed by atoms with E-state index in [2.05, 4.69) is 26.2 Å². The van der Waals surface area contributed by atoms with Crippen LogP contribution in [0.4, 0.5) is 5.69 Å². The number of thiophene rings is 1. The molecule has 2 aromatic heterocycles. The minimum Gasteiger partial charge on any atom is -0.331 e. The zero-order valence-electron chi connectivity index (χ0n) is 13.3. The Hall–Kier alpha value is -2.51. The summed E-state index contributed by atoms with van der Waals surface area (Å²) in [6.07, 6.45) is 6.54. The third kappa shape index (κ3) is 4.32. The molecule has 0 atom stereocenters. The molecule has 0 unspecified atom stereocenters. The lowest BCUT2D eigenvalue weighted by Gasteiger charge is -2.04. The molecule has 7 heteroatoms. The molecule has 0 saturated carbocycles. The predicted molar refractivity (Wildman–Crippen MR) is 103 cm³/mol. The van der Waals surface area contributed by atoms with Gasteiger partial charge in [-0.25, -0.2) is 4.98 Å². The number of carbonyl (C=O) groups excluding carboxylic acids is 2. The lowest BCUT2D eigenvalue weighted by Crippen LogP contribution is -2.10. The van der Waals surface area contributed by atoms with E-state index in [-0.39, 0.29) is 11.7 Å². The van der Waals surface area contributed by atoms with Crippen molar-refractivity contribution in [1.82, 2.24) is 9.55 Å². The van der Waals surface area contributed by atoms with E-state index in [0.29, 0.717) is 17.1 Å². The highest BCUT2D eigenvalue weighted by Crippen LogP contribution is 2.23. The molecular formula is C18H14BrN3O2S. The van der Waals surface area contributed by atoms with Crippen molar-refractivity contribution in [2.45, 2.75) is 0 Å². The van der Waals surface area contributed by atoms with Crippen molar-refractivity contribution < 1.29 is 9.59 Å². The van der Waals surface area contributed by atoms with Crippen LogP contribution in [-0.4, -0.2) is 21.2 Å². The van der Waals surface area contributed by atoms with Gasteiger partial charge in [-0.3, -0.25) is 9.59 Å². The van der Waals surface area contributed by atoms with Crippen LogP contribution in [-0.2, 0) is 11.8 Å². The number of hydrogen-bond acceptors (Lipinski definition) is 4. The van der Waals surface area contributed by atoms with Crippen LogP contribution in [0.1, 0.15) is 21.1 Å². The van der Waals surface area contributed by atoms with E-state index in [1.807, 2.05) is 12.1 Å². The smallest absolute Gasteiger partial charge is 0.248 e. The number of carbonyl (C=O) groups is 2. The van der Waals surface area contributed by atoms with Crippen LogP contribution in [0.2, 0.25) is 0 Å². The van der Waals surface area contributed by atoms with Crippen molar-refractivity contribution in [3.63, 3.8) is 0 Å². The minimum absolute atomic E-state index is 0.159. The van der Waals surface area contributed by atoms with Crippen LogP contribution in [0.3, 0.4) is 0 Å². The summed E-state index contributed by atoms with van der Waals surface area (Å²) in [5.41, 5.74) is 1.14. The van der Waals surface area contributed by atoms with Crippen molar-refractivity contribution in [3.8, 4) is 0 Å². The number of hydrogen-bond donors (Lipinski definition) is 1. The maximum absolute atomic E-state index is 12.3. The fourth-order valence-electron chi connectivity index (χ4n) is 2.18. The Kier molecular flexibility index (Phi) is 5.25. The van der Waals surface area contributed by atoms with Crippen molar-refractivity contribution in [2.75, 3.05) is 5.32 Å².